The summed E-state index contributed by atoms with van der Waals surface area (Å²) in [6, 6.07) is 6.47. The topological polar surface area (TPSA) is 116 Å². The van der Waals surface area contributed by atoms with Gasteiger partial charge in [0.2, 0.25) is 17.6 Å². The van der Waals surface area contributed by atoms with Crippen molar-refractivity contribution in [1.29, 1.82) is 0 Å². The van der Waals surface area contributed by atoms with E-state index in [0.29, 0.717) is 34.7 Å². The van der Waals surface area contributed by atoms with Crippen LogP contribution < -0.4 is 10.1 Å². The monoisotopic (exact) mass is 385 g/mol. The van der Waals surface area contributed by atoms with Crippen molar-refractivity contribution in [2.24, 2.45) is 0 Å². The number of nitrogens with zero attached hydrogens (tertiary/aromatic N) is 4. The van der Waals surface area contributed by atoms with Gasteiger partial charge in [0, 0.05) is 12.3 Å². The average molecular weight is 385 g/mol. The van der Waals surface area contributed by atoms with E-state index in [2.05, 4.69) is 25.6 Å². The fraction of sp³-hybridized carbons (Fsp3) is 0.421. The van der Waals surface area contributed by atoms with Crippen molar-refractivity contribution in [2.75, 3.05) is 0 Å². The molecular weight excluding hydrogens is 362 g/mol. The number of aromatic nitrogens is 4. The molecule has 0 aliphatic carbocycles. The predicted molar refractivity (Wildman–Crippen MR) is 98.7 cm³/mol. The van der Waals surface area contributed by atoms with Gasteiger partial charge in [-0.3, -0.25) is 4.79 Å². The molecule has 0 spiro atoms. The minimum Gasteiger partial charge on any atom is -0.485 e. The lowest BCUT2D eigenvalue weighted by atomic mass is 9.96. The molecule has 1 N–H and O–H groups in total. The largest absolute Gasteiger partial charge is 0.485 e. The van der Waals surface area contributed by atoms with E-state index >= 15 is 0 Å². The Balaban J connectivity index is 1.69. The Labute approximate surface area is 162 Å². The van der Waals surface area contributed by atoms with E-state index in [4.69, 9.17) is 13.8 Å². The van der Waals surface area contributed by atoms with Crippen molar-refractivity contribution >= 4 is 5.91 Å². The number of carbonyl (C=O) groups excluding carboxylic acids is 1. The molecule has 1 aromatic carbocycles. The highest BCUT2D eigenvalue weighted by molar-refractivity contribution is 5.97. The van der Waals surface area contributed by atoms with Gasteiger partial charge in [0.1, 0.15) is 11.8 Å². The van der Waals surface area contributed by atoms with E-state index in [0.717, 1.165) is 0 Å². The first kappa shape index (κ1) is 19.5. The van der Waals surface area contributed by atoms with E-state index in [1.165, 1.54) is 0 Å². The van der Waals surface area contributed by atoms with E-state index < -0.39 is 6.04 Å². The third kappa shape index (κ3) is 4.54. The number of ether oxygens (including phenoxy) is 1. The lowest BCUT2D eigenvalue weighted by molar-refractivity contribution is 0.0927. The summed E-state index contributed by atoms with van der Waals surface area (Å²) in [5.41, 5.74) is 0.143. The highest BCUT2D eigenvalue weighted by Crippen LogP contribution is 2.23. The van der Waals surface area contributed by atoms with Crippen LogP contribution in [0, 0.1) is 6.92 Å². The molecule has 0 radical (unpaired) electrons. The first-order chi connectivity index (χ1) is 13.2. The van der Waals surface area contributed by atoms with Crippen LogP contribution in [-0.4, -0.2) is 26.2 Å². The molecule has 1 atom stereocenters. The van der Waals surface area contributed by atoms with E-state index in [1.807, 2.05) is 20.8 Å². The van der Waals surface area contributed by atoms with Crippen molar-refractivity contribution in [1.82, 2.24) is 25.6 Å². The Morgan fingerprint density at radius 1 is 1.18 bits per heavy atom. The number of carbonyl (C=O) groups is 1. The van der Waals surface area contributed by atoms with Crippen LogP contribution in [0.1, 0.15) is 67.5 Å². The van der Waals surface area contributed by atoms with Crippen LogP contribution in [0.5, 0.6) is 5.75 Å². The highest BCUT2D eigenvalue weighted by atomic mass is 16.5. The summed E-state index contributed by atoms with van der Waals surface area (Å²) in [5, 5.41) is 10.6. The molecule has 9 nitrogen and oxygen atoms in total. The second kappa shape index (κ2) is 7.79. The van der Waals surface area contributed by atoms with Crippen LogP contribution in [0.4, 0.5) is 0 Å². The van der Waals surface area contributed by atoms with Gasteiger partial charge in [-0.2, -0.15) is 9.97 Å². The third-order valence-electron chi connectivity index (χ3n) is 3.89. The molecule has 0 aliphatic rings. The van der Waals surface area contributed by atoms with Gasteiger partial charge in [-0.25, -0.2) is 0 Å². The molecule has 148 valence electrons. The fourth-order valence-corrected chi connectivity index (χ4v) is 2.37. The maximum atomic E-state index is 12.7. The molecule has 2 aromatic heterocycles. The molecule has 0 fully saturated rings. The Morgan fingerprint density at radius 3 is 2.57 bits per heavy atom. The summed E-state index contributed by atoms with van der Waals surface area (Å²) in [5.74, 6) is 1.88. The maximum absolute atomic E-state index is 12.7. The number of rotatable bonds is 6. The first-order valence-corrected chi connectivity index (χ1v) is 8.90. The van der Waals surface area contributed by atoms with E-state index in [1.54, 1.807) is 38.1 Å². The second-order valence-corrected chi connectivity index (χ2v) is 7.42. The molecule has 9 heteroatoms. The molecular formula is C19H23N5O4. The molecule has 3 rings (SSSR count). The summed E-state index contributed by atoms with van der Waals surface area (Å²) < 4.78 is 15.9. The van der Waals surface area contributed by atoms with Crippen molar-refractivity contribution in [3.63, 3.8) is 0 Å². The number of nitrogens with one attached hydrogen (secondary N) is 1. The number of hydrogen-bond donors (Lipinski definition) is 1. The molecule has 0 bridgehead atoms. The minimum absolute atomic E-state index is 0.0930. The molecule has 0 saturated heterocycles. The summed E-state index contributed by atoms with van der Waals surface area (Å²) in [6.07, 6.45) is 0. The molecule has 0 saturated carbocycles. The van der Waals surface area contributed by atoms with Crippen molar-refractivity contribution in [3.05, 3.63) is 53.3 Å². The summed E-state index contributed by atoms with van der Waals surface area (Å²) in [7, 11) is 0. The number of aryl methyl sites for hydroxylation is 1. The van der Waals surface area contributed by atoms with Crippen LogP contribution >= 0.6 is 0 Å². The zero-order chi connectivity index (χ0) is 20.3. The lowest BCUT2D eigenvalue weighted by Gasteiger charge is -2.13. The van der Waals surface area contributed by atoms with Gasteiger partial charge in [0.15, 0.2) is 12.4 Å². The summed E-state index contributed by atoms with van der Waals surface area (Å²) in [4.78, 5) is 21.2. The maximum Gasteiger partial charge on any atom is 0.255 e. The standard InChI is InChI=1S/C19H23N5O4/c1-11(17-22-18(24-28-17)19(3,4)5)20-16(25)13-8-6-7-9-14(13)26-10-15-21-12(2)27-23-15/h6-9,11H,10H2,1-5H3,(H,20,25). The second-order valence-electron chi connectivity index (χ2n) is 7.42. The third-order valence-corrected chi connectivity index (χ3v) is 3.89. The summed E-state index contributed by atoms with van der Waals surface area (Å²) in [6.45, 7) is 9.54. The molecule has 0 aliphatic heterocycles. The van der Waals surface area contributed by atoms with Crippen LogP contribution in [0.3, 0.4) is 0 Å². The summed E-state index contributed by atoms with van der Waals surface area (Å²) >= 11 is 0. The number of amides is 1. The zero-order valence-corrected chi connectivity index (χ0v) is 16.5. The lowest BCUT2D eigenvalue weighted by Crippen LogP contribution is -2.27. The smallest absolute Gasteiger partial charge is 0.255 e. The normalized spacial score (nSPS) is 12.6. The van der Waals surface area contributed by atoms with Crippen LogP contribution in [-0.2, 0) is 12.0 Å². The SMILES string of the molecule is Cc1nc(COc2ccccc2C(=O)NC(C)c2nc(C(C)(C)C)no2)no1. The molecule has 2 heterocycles. The van der Waals surface area contributed by atoms with Gasteiger partial charge < -0.3 is 19.1 Å². The number of benzene rings is 1. The number of hydrogen-bond acceptors (Lipinski definition) is 8. The zero-order valence-electron chi connectivity index (χ0n) is 16.5. The van der Waals surface area contributed by atoms with Crippen molar-refractivity contribution < 1.29 is 18.6 Å². The Morgan fingerprint density at radius 2 is 1.93 bits per heavy atom. The van der Waals surface area contributed by atoms with Gasteiger partial charge in [-0.1, -0.05) is 43.2 Å². The first-order valence-electron chi connectivity index (χ1n) is 8.90. The Kier molecular flexibility index (Phi) is 5.43. The fourth-order valence-electron chi connectivity index (χ4n) is 2.37. The highest BCUT2D eigenvalue weighted by Gasteiger charge is 2.24. The minimum atomic E-state index is -0.455. The van der Waals surface area contributed by atoms with Crippen LogP contribution in [0.2, 0.25) is 0 Å². The van der Waals surface area contributed by atoms with Crippen molar-refractivity contribution in [3.8, 4) is 5.75 Å². The molecule has 28 heavy (non-hydrogen) atoms. The average Bonchev–Trinajstić information content (AvgIpc) is 3.29. The van der Waals surface area contributed by atoms with Gasteiger partial charge in [-0.05, 0) is 19.1 Å². The molecule has 1 unspecified atom stereocenters. The van der Waals surface area contributed by atoms with Crippen LogP contribution in [0.25, 0.3) is 0 Å². The van der Waals surface area contributed by atoms with Crippen LogP contribution in [0.15, 0.2) is 33.3 Å². The quantitative estimate of drug-likeness (QED) is 0.688. The van der Waals surface area contributed by atoms with Gasteiger partial charge >= 0.3 is 0 Å². The van der Waals surface area contributed by atoms with Gasteiger partial charge in [0.05, 0.1) is 5.56 Å². The van der Waals surface area contributed by atoms with E-state index in [-0.39, 0.29) is 17.9 Å². The molecule has 1 amide bonds. The van der Waals surface area contributed by atoms with E-state index in [9.17, 15) is 4.79 Å². The Hall–Kier alpha value is -3.23. The number of para-hydroxylation sites is 1. The van der Waals surface area contributed by atoms with Gasteiger partial charge in [0.25, 0.3) is 5.91 Å². The predicted octanol–water partition coefficient (Wildman–Crippen LogP) is 3.13. The van der Waals surface area contributed by atoms with Gasteiger partial charge in [-0.15, -0.1) is 0 Å². The Bertz CT molecular complexity index is 957. The molecule has 3 aromatic rings. The van der Waals surface area contributed by atoms with Crippen molar-refractivity contribution in [2.45, 2.75) is 52.7 Å².